The highest BCUT2D eigenvalue weighted by Gasteiger charge is 2.46. The maximum atomic E-state index is 12.1. The molecule has 20 heteroatoms. The van der Waals surface area contributed by atoms with Crippen LogP contribution < -0.4 is 21.0 Å². The van der Waals surface area contributed by atoms with Crippen molar-refractivity contribution in [2.24, 2.45) is 5.92 Å². The maximum absolute atomic E-state index is 12.1. The molecule has 1 aromatic heterocycles. The molecule has 1 aliphatic carbocycles. The molecule has 7 N–H and O–H groups in total. The highest BCUT2D eigenvalue weighted by atomic mass is 31.3. The van der Waals surface area contributed by atoms with Crippen LogP contribution in [0.3, 0.4) is 0 Å². The summed E-state index contributed by atoms with van der Waals surface area (Å²) in [5.41, 5.74) is -1.76. The Morgan fingerprint density at radius 3 is 2.31 bits per heavy atom. The van der Waals surface area contributed by atoms with E-state index in [-0.39, 0.29) is 0 Å². The number of hydrogen-bond donors (Lipinski definition) is 7. The molecule has 0 bridgehead atoms. The van der Waals surface area contributed by atoms with Gasteiger partial charge in [-0.15, -0.1) is 0 Å². The third-order valence-electron chi connectivity index (χ3n) is 5.66. The Morgan fingerprint density at radius 2 is 1.69 bits per heavy atom. The van der Waals surface area contributed by atoms with Crippen LogP contribution in [0.15, 0.2) is 21.9 Å². The van der Waals surface area contributed by atoms with Crippen LogP contribution >= 0.6 is 15.6 Å². The summed E-state index contributed by atoms with van der Waals surface area (Å²) >= 11 is 0. The number of aromatic amines is 1. The summed E-state index contributed by atoms with van der Waals surface area (Å²) < 4.78 is 42.8. The number of ether oxygens (including phenoxy) is 1. The van der Waals surface area contributed by atoms with Gasteiger partial charge in [0.2, 0.25) is 0 Å². The second kappa shape index (κ2) is 11.2. The van der Waals surface area contributed by atoms with Gasteiger partial charge in [0.1, 0.15) is 30.5 Å². The third kappa shape index (κ3) is 6.56. The molecule has 36 heavy (non-hydrogen) atoms. The van der Waals surface area contributed by atoms with Crippen LogP contribution in [0, 0.1) is 5.92 Å². The van der Waals surface area contributed by atoms with E-state index < -0.39 is 101 Å². The van der Waals surface area contributed by atoms with Crippen molar-refractivity contribution in [2.75, 3.05) is 13.2 Å². The lowest BCUT2D eigenvalue weighted by molar-refractivity contribution is -0.254. The first kappa shape index (κ1) is 29.2. The van der Waals surface area contributed by atoms with E-state index in [1.807, 2.05) is 4.98 Å². The van der Waals surface area contributed by atoms with E-state index in [4.69, 9.17) is 4.74 Å². The molecule has 7 unspecified atom stereocenters. The summed E-state index contributed by atoms with van der Waals surface area (Å²) in [4.78, 5) is 49.1. The van der Waals surface area contributed by atoms with Crippen molar-refractivity contribution in [2.45, 2.75) is 55.4 Å². The van der Waals surface area contributed by atoms with Crippen molar-refractivity contribution in [1.82, 2.24) is 9.55 Å². The third-order valence-corrected chi connectivity index (χ3v) is 8.25. The van der Waals surface area contributed by atoms with E-state index in [1.165, 1.54) is 0 Å². The molecule has 3 rings (SSSR count). The second-order valence-electron chi connectivity index (χ2n) is 8.13. The van der Waals surface area contributed by atoms with Crippen molar-refractivity contribution in [3.05, 3.63) is 33.1 Å². The van der Waals surface area contributed by atoms with Crippen LogP contribution in [-0.4, -0.2) is 96.1 Å². The molecule has 18 nitrogen and oxygen atoms in total. The lowest BCUT2D eigenvalue weighted by Crippen LogP contribution is -2.55. The number of phosphoric acid groups is 2. The van der Waals surface area contributed by atoms with E-state index in [2.05, 4.69) is 13.4 Å². The normalized spacial score (nSPS) is 38.4. The zero-order valence-electron chi connectivity index (χ0n) is 18.1. The number of aliphatic hydroxyl groups excluding tert-OH is 6. The highest BCUT2D eigenvalue weighted by molar-refractivity contribution is 7.59. The van der Waals surface area contributed by atoms with Crippen LogP contribution in [-0.2, 0) is 27.2 Å². The van der Waals surface area contributed by atoms with E-state index in [1.54, 1.807) is 0 Å². The van der Waals surface area contributed by atoms with Gasteiger partial charge in [-0.2, -0.15) is 0 Å². The fourth-order valence-electron chi connectivity index (χ4n) is 3.79. The van der Waals surface area contributed by atoms with Gasteiger partial charge >= 0.3 is 5.69 Å². The first-order chi connectivity index (χ1) is 16.7. The zero-order valence-corrected chi connectivity index (χ0v) is 19.9. The number of hydrogen-bond acceptors (Lipinski definition) is 16. The molecule has 1 saturated heterocycles. The van der Waals surface area contributed by atoms with Crippen LogP contribution in [0.4, 0.5) is 0 Å². The standard InChI is InChI=1S/C16H26N2O16P2/c19-4-6-3-7(11(22)13(24)10(6)21)33-36(29,30)34-35(27,28)31-5-8-12(23)14(25)15(32-8)18-2-1-9(20)17-16(18)26/h1-2,6-8,10-15,19,21-25H,3-5H2,(H,27,28)(H,29,30)(H,17,20,26)/p-2/t6?,7-,8+,10-,11?,12?,13?,14?,15+/m0/s1. The minimum absolute atomic E-state index is 0.485. The highest BCUT2D eigenvalue weighted by Crippen LogP contribution is 2.57. The zero-order chi connectivity index (χ0) is 27.0. The molecule has 0 spiro atoms. The first-order valence-electron chi connectivity index (χ1n) is 10.3. The van der Waals surface area contributed by atoms with Gasteiger partial charge in [0, 0.05) is 24.8 Å². The van der Waals surface area contributed by atoms with Crippen LogP contribution in [0.5, 0.6) is 0 Å². The molecule has 1 aliphatic heterocycles. The molecule has 1 aromatic rings. The van der Waals surface area contributed by atoms with E-state index in [9.17, 15) is 59.1 Å². The number of aliphatic hydroxyl groups is 6. The van der Waals surface area contributed by atoms with Crippen molar-refractivity contribution in [3.63, 3.8) is 0 Å². The van der Waals surface area contributed by atoms with Gasteiger partial charge in [-0.25, -0.2) is 9.11 Å². The average Bonchev–Trinajstić information content (AvgIpc) is 3.06. The van der Waals surface area contributed by atoms with Gasteiger partial charge in [-0.1, -0.05) is 0 Å². The smallest absolute Gasteiger partial charge is 0.330 e. The van der Waals surface area contributed by atoms with Gasteiger partial charge in [0.15, 0.2) is 6.23 Å². The summed E-state index contributed by atoms with van der Waals surface area (Å²) in [6.07, 6.45) is -13.6. The van der Waals surface area contributed by atoms with Crippen molar-refractivity contribution in [3.8, 4) is 0 Å². The number of H-pyrrole nitrogens is 1. The predicted octanol–water partition coefficient (Wildman–Crippen LogP) is -5.39. The molecule has 0 aromatic carbocycles. The molecule has 2 aliphatic rings. The number of rotatable bonds is 9. The fourth-order valence-corrected chi connectivity index (χ4v) is 5.98. The Bertz CT molecular complexity index is 1120. The van der Waals surface area contributed by atoms with Crippen molar-refractivity contribution < 1.29 is 67.7 Å². The molecular weight excluding hydrogens is 538 g/mol. The lowest BCUT2D eigenvalue weighted by Gasteiger charge is -2.42. The molecule has 11 atom stereocenters. The first-order valence-corrected chi connectivity index (χ1v) is 13.2. The summed E-state index contributed by atoms with van der Waals surface area (Å²) in [6, 6.07) is 0.922. The minimum Gasteiger partial charge on any atom is -0.756 e. The SMILES string of the molecule is O=c1ccn([C@@H]2O[C@H](COP(=O)([O-])OP(=O)([O-])O[C@H]3CC(CO)[C@H](O)C(O)C3O)C(O)C2O)c(=O)[nH]1. The number of aromatic nitrogens is 2. The largest absolute Gasteiger partial charge is 0.756 e. The second-order valence-corrected chi connectivity index (χ2v) is 11.0. The molecule has 2 fully saturated rings. The minimum atomic E-state index is -5.78. The Hall–Kier alpha value is -1.34. The van der Waals surface area contributed by atoms with Crippen LogP contribution in [0.2, 0.25) is 0 Å². The van der Waals surface area contributed by atoms with Gasteiger partial charge in [0.05, 0.1) is 18.8 Å². The Balaban J connectivity index is 1.61. The maximum Gasteiger partial charge on any atom is 0.330 e. The lowest BCUT2D eigenvalue weighted by atomic mass is 9.81. The summed E-state index contributed by atoms with van der Waals surface area (Å²) in [5.74, 6) is -1.10. The summed E-state index contributed by atoms with van der Waals surface area (Å²) in [6.45, 7) is -1.79. The summed E-state index contributed by atoms with van der Waals surface area (Å²) in [5, 5.41) is 58.9. The van der Waals surface area contributed by atoms with Crippen molar-refractivity contribution in [1.29, 1.82) is 0 Å². The molecule has 206 valence electrons. The summed E-state index contributed by atoms with van der Waals surface area (Å²) in [7, 11) is -11.5. The van der Waals surface area contributed by atoms with E-state index in [0.29, 0.717) is 4.57 Å². The Labute approximate surface area is 201 Å². The van der Waals surface area contributed by atoms with Crippen LogP contribution in [0.25, 0.3) is 0 Å². The average molecular weight is 562 g/mol. The Morgan fingerprint density at radius 1 is 1.03 bits per heavy atom. The Kier molecular flexibility index (Phi) is 9.08. The quantitative estimate of drug-likeness (QED) is 0.138. The van der Waals surface area contributed by atoms with Gasteiger partial charge in [-0.3, -0.25) is 23.5 Å². The molecule has 2 heterocycles. The van der Waals surface area contributed by atoms with Crippen LogP contribution in [0.1, 0.15) is 12.6 Å². The topological polar surface area (TPSA) is 293 Å². The number of nitrogens with zero attached hydrogens (tertiary/aromatic N) is 1. The van der Waals surface area contributed by atoms with E-state index >= 15 is 0 Å². The van der Waals surface area contributed by atoms with Gasteiger partial charge in [-0.05, 0) is 6.42 Å². The predicted molar refractivity (Wildman–Crippen MR) is 108 cm³/mol. The van der Waals surface area contributed by atoms with Gasteiger partial charge < -0.3 is 54.2 Å². The molecule has 0 amide bonds. The van der Waals surface area contributed by atoms with E-state index in [0.717, 1.165) is 12.3 Å². The molecule has 1 saturated carbocycles. The number of phosphoric ester groups is 2. The fraction of sp³-hybridized carbons (Fsp3) is 0.750. The van der Waals surface area contributed by atoms with Gasteiger partial charge in [0.25, 0.3) is 21.2 Å². The molecular formula is C16H24N2O16P2-2. The number of nitrogens with one attached hydrogen (secondary N) is 1. The van der Waals surface area contributed by atoms with Crippen molar-refractivity contribution >= 4 is 15.6 Å². The monoisotopic (exact) mass is 562 g/mol. The molecule has 0 radical (unpaired) electrons.